The summed E-state index contributed by atoms with van der Waals surface area (Å²) >= 11 is 0. The fourth-order valence-corrected chi connectivity index (χ4v) is 2.54. The van der Waals surface area contributed by atoms with Gasteiger partial charge in [-0.3, -0.25) is 0 Å². The fraction of sp³-hybridized carbons (Fsp3) is 0.438. The van der Waals surface area contributed by atoms with Crippen LogP contribution in [0.5, 0.6) is 0 Å². The molecule has 6 heteroatoms. The van der Waals surface area contributed by atoms with Gasteiger partial charge in [-0.05, 0) is 38.3 Å². The van der Waals surface area contributed by atoms with Gasteiger partial charge in [0.2, 0.25) is 5.95 Å². The quantitative estimate of drug-likeness (QED) is 0.884. The van der Waals surface area contributed by atoms with Crippen molar-refractivity contribution in [2.75, 3.05) is 23.8 Å². The molecule has 6 nitrogen and oxygen atoms in total. The second-order valence-electron chi connectivity index (χ2n) is 5.62. The first kappa shape index (κ1) is 14.7. The zero-order valence-corrected chi connectivity index (χ0v) is 13.0. The van der Waals surface area contributed by atoms with Crippen molar-refractivity contribution in [3.63, 3.8) is 0 Å². The molecule has 1 unspecified atom stereocenters. The Bertz CT molecular complexity index is 640. The average Bonchev–Trinajstić information content (AvgIpc) is 3.02. The lowest BCUT2D eigenvalue weighted by molar-refractivity contribution is 0.120. The molecule has 2 heterocycles. The van der Waals surface area contributed by atoms with E-state index in [-0.39, 0.29) is 6.10 Å². The third kappa shape index (κ3) is 3.71. The minimum absolute atomic E-state index is 0.250. The highest BCUT2D eigenvalue weighted by Gasteiger charge is 2.15. The molecule has 0 amide bonds. The number of hydrogen-bond acceptors (Lipinski definition) is 6. The molecule has 1 aromatic heterocycles. The molecule has 0 radical (unpaired) electrons. The summed E-state index contributed by atoms with van der Waals surface area (Å²) in [6.45, 7) is 5.71. The first-order valence-corrected chi connectivity index (χ1v) is 7.60. The van der Waals surface area contributed by atoms with E-state index < -0.39 is 0 Å². The molecule has 0 aliphatic carbocycles. The normalized spacial score (nSPS) is 17.5. The largest absolute Gasteiger partial charge is 0.376 e. The Morgan fingerprint density at radius 2 is 2.23 bits per heavy atom. The maximum Gasteiger partial charge on any atom is 0.244 e. The van der Waals surface area contributed by atoms with Crippen LogP contribution in [0.1, 0.15) is 24.0 Å². The van der Waals surface area contributed by atoms with Crippen LogP contribution >= 0.6 is 0 Å². The number of benzene rings is 1. The zero-order chi connectivity index (χ0) is 15.4. The number of nitrogens with one attached hydrogen (secondary N) is 2. The lowest BCUT2D eigenvalue weighted by Gasteiger charge is -2.12. The summed E-state index contributed by atoms with van der Waals surface area (Å²) in [6.07, 6.45) is 4.08. The van der Waals surface area contributed by atoms with Gasteiger partial charge in [0.15, 0.2) is 5.82 Å². The Hall–Kier alpha value is -2.21. The van der Waals surface area contributed by atoms with Crippen LogP contribution in [0, 0.1) is 13.8 Å². The number of aromatic nitrogens is 3. The molecule has 2 N–H and O–H groups in total. The van der Waals surface area contributed by atoms with Crippen molar-refractivity contribution in [3.8, 4) is 0 Å². The van der Waals surface area contributed by atoms with Crippen molar-refractivity contribution in [1.82, 2.24) is 15.2 Å². The Balaban J connectivity index is 1.65. The number of nitrogens with zero attached hydrogens (tertiary/aromatic N) is 3. The lowest BCUT2D eigenvalue weighted by atomic mass is 10.1. The van der Waals surface area contributed by atoms with Gasteiger partial charge in [-0.15, -0.1) is 5.10 Å². The molecule has 1 fully saturated rings. The summed E-state index contributed by atoms with van der Waals surface area (Å²) in [5.41, 5.74) is 3.44. The molecule has 0 saturated carbocycles. The lowest BCUT2D eigenvalue weighted by Crippen LogP contribution is -2.20. The summed E-state index contributed by atoms with van der Waals surface area (Å²) < 4.78 is 5.57. The predicted octanol–water partition coefficient (Wildman–Crippen LogP) is 2.82. The van der Waals surface area contributed by atoms with Gasteiger partial charge in [0.05, 0.1) is 12.3 Å². The third-order valence-electron chi connectivity index (χ3n) is 3.72. The van der Waals surface area contributed by atoms with E-state index in [0.717, 1.165) is 25.1 Å². The maximum atomic E-state index is 5.57. The van der Waals surface area contributed by atoms with Gasteiger partial charge in [-0.2, -0.15) is 10.1 Å². The number of rotatable bonds is 5. The Kier molecular flexibility index (Phi) is 4.48. The zero-order valence-electron chi connectivity index (χ0n) is 13.0. The van der Waals surface area contributed by atoms with Crippen molar-refractivity contribution < 1.29 is 4.74 Å². The second kappa shape index (κ2) is 6.70. The average molecular weight is 299 g/mol. The van der Waals surface area contributed by atoms with Crippen LogP contribution in [0.2, 0.25) is 0 Å². The van der Waals surface area contributed by atoms with Crippen LogP contribution in [-0.2, 0) is 4.74 Å². The van der Waals surface area contributed by atoms with Crippen LogP contribution in [0.15, 0.2) is 24.4 Å². The van der Waals surface area contributed by atoms with Gasteiger partial charge < -0.3 is 15.4 Å². The highest BCUT2D eigenvalue weighted by atomic mass is 16.5. The second-order valence-corrected chi connectivity index (χ2v) is 5.62. The van der Waals surface area contributed by atoms with E-state index in [1.54, 1.807) is 6.20 Å². The number of ether oxygens (including phenoxy) is 1. The predicted molar refractivity (Wildman–Crippen MR) is 86.5 cm³/mol. The Morgan fingerprint density at radius 1 is 1.32 bits per heavy atom. The van der Waals surface area contributed by atoms with E-state index in [0.29, 0.717) is 18.3 Å². The van der Waals surface area contributed by atoms with E-state index in [1.165, 1.54) is 11.1 Å². The van der Waals surface area contributed by atoms with Crippen molar-refractivity contribution in [3.05, 3.63) is 35.5 Å². The minimum Gasteiger partial charge on any atom is -0.376 e. The van der Waals surface area contributed by atoms with Crippen molar-refractivity contribution in [2.45, 2.75) is 32.8 Å². The van der Waals surface area contributed by atoms with E-state index in [4.69, 9.17) is 4.74 Å². The van der Waals surface area contributed by atoms with Gasteiger partial charge in [-0.1, -0.05) is 17.7 Å². The molecule has 1 aliphatic heterocycles. The minimum atomic E-state index is 0.250. The van der Waals surface area contributed by atoms with Crippen LogP contribution < -0.4 is 10.6 Å². The molecule has 0 bridgehead atoms. The van der Waals surface area contributed by atoms with E-state index in [9.17, 15) is 0 Å². The van der Waals surface area contributed by atoms with Gasteiger partial charge in [0.25, 0.3) is 0 Å². The molecule has 116 valence electrons. The number of aryl methyl sites for hydroxylation is 2. The molecule has 3 rings (SSSR count). The SMILES string of the molecule is Cc1ccc(Nc2cnnc(NCC3CCCO3)n2)c(C)c1. The summed E-state index contributed by atoms with van der Waals surface area (Å²) in [6, 6.07) is 6.25. The molecule has 1 aromatic carbocycles. The molecule has 1 atom stereocenters. The smallest absolute Gasteiger partial charge is 0.244 e. The monoisotopic (exact) mass is 299 g/mol. The summed E-state index contributed by atoms with van der Waals surface area (Å²) in [5, 5.41) is 14.5. The summed E-state index contributed by atoms with van der Waals surface area (Å²) in [4.78, 5) is 4.44. The van der Waals surface area contributed by atoms with E-state index in [1.807, 2.05) is 6.07 Å². The topological polar surface area (TPSA) is 72.0 Å². The number of hydrogen-bond donors (Lipinski definition) is 2. The first-order chi connectivity index (χ1) is 10.7. The molecule has 1 saturated heterocycles. The molecule has 2 aromatic rings. The molecule has 1 aliphatic rings. The molecular weight excluding hydrogens is 278 g/mol. The number of anilines is 3. The van der Waals surface area contributed by atoms with Gasteiger partial charge in [-0.25, -0.2) is 0 Å². The van der Waals surface area contributed by atoms with Gasteiger partial charge in [0, 0.05) is 18.8 Å². The highest BCUT2D eigenvalue weighted by Crippen LogP contribution is 2.20. The molecule has 0 spiro atoms. The van der Waals surface area contributed by atoms with Crippen LogP contribution in [0.4, 0.5) is 17.5 Å². The standard InChI is InChI=1S/C16H21N5O/c1-11-5-6-14(12(2)8-11)19-15-10-18-21-16(20-15)17-9-13-4-3-7-22-13/h5-6,8,10,13H,3-4,7,9H2,1-2H3,(H2,17,19,20,21). The summed E-state index contributed by atoms with van der Waals surface area (Å²) in [5.74, 6) is 1.20. The molecule has 22 heavy (non-hydrogen) atoms. The van der Waals surface area contributed by atoms with Gasteiger partial charge >= 0.3 is 0 Å². The Labute approximate surface area is 130 Å². The molecular formula is C16H21N5O. The maximum absolute atomic E-state index is 5.57. The summed E-state index contributed by atoms with van der Waals surface area (Å²) in [7, 11) is 0. The van der Waals surface area contributed by atoms with Crippen LogP contribution in [0.3, 0.4) is 0 Å². The fourth-order valence-electron chi connectivity index (χ4n) is 2.54. The van der Waals surface area contributed by atoms with Crippen LogP contribution in [-0.4, -0.2) is 34.4 Å². The highest BCUT2D eigenvalue weighted by molar-refractivity contribution is 5.60. The Morgan fingerprint density at radius 3 is 3.00 bits per heavy atom. The van der Waals surface area contributed by atoms with Crippen molar-refractivity contribution >= 4 is 17.5 Å². The van der Waals surface area contributed by atoms with E-state index >= 15 is 0 Å². The van der Waals surface area contributed by atoms with Crippen molar-refractivity contribution in [1.29, 1.82) is 0 Å². The first-order valence-electron chi connectivity index (χ1n) is 7.60. The van der Waals surface area contributed by atoms with E-state index in [2.05, 4.69) is 51.8 Å². The van der Waals surface area contributed by atoms with Gasteiger partial charge in [0.1, 0.15) is 0 Å². The third-order valence-corrected chi connectivity index (χ3v) is 3.72. The van der Waals surface area contributed by atoms with Crippen LogP contribution in [0.25, 0.3) is 0 Å². The van der Waals surface area contributed by atoms with Crippen molar-refractivity contribution in [2.24, 2.45) is 0 Å².